The molecule has 2 rings (SSSR count). The molecule has 1 aliphatic carbocycles. The minimum atomic E-state index is -0.844. The molecule has 0 aromatic heterocycles. The maximum absolute atomic E-state index is 11.8. The second-order valence-corrected chi connectivity index (χ2v) is 4.83. The average Bonchev–Trinajstić information content (AvgIpc) is 2.94. The Kier molecular flexibility index (Phi) is 3.14. The molecule has 2 aliphatic rings. The third-order valence-electron chi connectivity index (χ3n) is 3.37. The van der Waals surface area contributed by atoms with Crippen LogP contribution in [-0.4, -0.2) is 59.5 Å². The monoisotopic (exact) mass is 226 g/mol. The van der Waals surface area contributed by atoms with Crippen LogP contribution in [0.3, 0.4) is 0 Å². The zero-order chi connectivity index (χ0) is 11.7. The normalized spacial score (nSPS) is 25.5. The van der Waals surface area contributed by atoms with Gasteiger partial charge in [-0.25, -0.2) is 0 Å². The van der Waals surface area contributed by atoms with Gasteiger partial charge in [-0.05, 0) is 25.2 Å². The highest BCUT2D eigenvalue weighted by atomic mass is 16.4. The van der Waals surface area contributed by atoms with Crippen LogP contribution >= 0.6 is 0 Å². The first-order valence-corrected chi connectivity index (χ1v) is 5.78. The summed E-state index contributed by atoms with van der Waals surface area (Å²) >= 11 is 0. The molecule has 1 heterocycles. The van der Waals surface area contributed by atoms with Crippen molar-refractivity contribution in [2.45, 2.75) is 25.3 Å². The molecule has 0 spiro atoms. The van der Waals surface area contributed by atoms with E-state index in [9.17, 15) is 9.59 Å². The molecule has 2 fully saturated rings. The smallest absolute Gasteiger partial charge is 0.317 e. The average molecular weight is 226 g/mol. The van der Waals surface area contributed by atoms with E-state index in [1.807, 2.05) is 4.90 Å². The first kappa shape index (κ1) is 11.4. The minimum Gasteiger partial charge on any atom is -0.480 e. The Labute approximate surface area is 95.0 Å². The molecule has 1 saturated carbocycles. The number of carbonyl (C=O) groups excluding carboxylic acids is 1. The van der Waals surface area contributed by atoms with Gasteiger partial charge in [-0.2, -0.15) is 0 Å². The quantitative estimate of drug-likeness (QED) is 0.717. The van der Waals surface area contributed by atoms with Crippen molar-refractivity contribution in [1.29, 1.82) is 0 Å². The summed E-state index contributed by atoms with van der Waals surface area (Å²) in [7, 11) is 1.78. The molecule has 0 aromatic carbocycles. The summed E-state index contributed by atoms with van der Waals surface area (Å²) in [5, 5.41) is 8.86. The number of nitrogens with zero attached hydrogens (tertiary/aromatic N) is 2. The van der Waals surface area contributed by atoms with Crippen LogP contribution in [0.2, 0.25) is 0 Å². The van der Waals surface area contributed by atoms with Crippen LogP contribution < -0.4 is 0 Å². The van der Waals surface area contributed by atoms with Crippen molar-refractivity contribution in [3.8, 4) is 0 Å². The summed E-state index contributed by atoms with van der Waals surface area (Å²) in [6, 6.07) is -0.207. The molecule has 5 nitrogen and oxygen atoms in total. The maximum Gasteiger partial charge on any atom is 0.317 e. The van der Waals surface area contributed by atoms with E-state index in [2.05, 4.69) is 0 Å². The Morgan fingerprint density at radius 1 is 1.50 bits per heavy atom. The van der Waals surface area contributed by atoms with Crippen molar-refractivity contribution in [3.63, 3.8) is 0 Å². The number of carbonyl (C=O) groups is 2. The van der Waals surface area contributed by atoms with Gasteiger partial charge >= 0.3 is 5.97 Å². The molecular formula is C11H18N2O3. The van der Waals surface area contributed by atoms with Crippen molar-refractivity contribution < 1.29 is 14.7 Å². The summed E-state index contributed by atoms with van der Waals surface area (Å²) in [4.78, 5) is 26.1. The van der Waals surface area contributed by atoms with E-state index in [-0.39, 0.29) is 18.5 Å². The lowest BCUT2D eigenvalue weighted by atomic mass is 10.2. The number of aliphatic carboxylic acids is 1. The number of carboxylic acid groups (broad SMARTS) is 1. The zero-order valence-corrected chi connectivity index (χ0v) is 9.56. The second-order valence-electron chi connectivity index (χ2n) is 4.83. The first-order chi connectivity index (χ1) is 7.58. The number of rotatable bonds is 5. The van der Waals surface area contributed by atoms with E-state index in [1.165, 1.54) is 12.8 Å². The van der Waals surface area contributed by atoms with Gasteiger partial charge in [-0.3, -0.25) is 14.5 Å². The highest BCUT2D eigenvalue weighted by Crippen LogP contribution is 2.31. The molecule has 1 saturated heterocycles. The second kappa shape index (κ2) is 4.41. The fourth-order valence-electron chi connectivity index (χ4n) is 2.25. The van der Waals surface area contributed by atoms with Crippen molar-refractivity contribution in [2.24, 2.45) is 5.92 Å². The fraction of sp³-hybridized carbons (Fsp3) is 0.818. The number of hydrogen-bond acceptors (Lipinski definition) is 3. The van der Waals surface area contributed by atoms with E-state index in [0.29, 0.717) is 5.92 Å². The van der Waals surface area contributed by atoms with E-state index in [4.69, 9.17) is 5.11 Å². The summed E-state index contributed by atoms with van der Waals surface area (Å²) < 4.78 is 0. The Balaban J connectivity index is 1.98. The van der Waals surface area contributed by atoms with Gasteiger partial charge in [0.1, 0.15) is 0 Å². The third-order valence-corrected chi connectivity index (χ3v) is 3.37. The number of amides is 1. The third kappa shape index (κ3) is 2.52. The molecule has 1 amide bonds. The van der Waals surface area contributed by atoms with Crippen LogP contribution in [0, 0.1) is 5.92 Å². The Hall–Kier alpha value is -1.10. The molecule has 1 aliphatic heterocycles. The van der Waals surface area contributed by atoms with Crippen LogP contribution in [0.25, 0.3) is 0 Å². The van der Waals surface area contributed by atoms with E-state index >= 15 is 0 Å². The van der Waals surface area contributed by atoms with Gasteiger partial charge in [0.15, 0.2) is 0 Å². The van der Waals surface area contributed by atoms with Gasteiger partial charge in [0, 0.05) is 20.1 Å². The van der Waals surface area contributed by atoms with E-state index < -0.39 is 5.97 Å². The Morgan fingerprint density at radius 2 is 2.19 bits per heavy atom. The number of likely N-dealkylation sites (N-methyl/N-ethyl adjacent to an activating group) is 1. The predicted octanol–water partition coefficient (Wildman–Crippen LogP) is 0.0137. The number of likely N-dealkylation sites (tertiary alicyclic amines) is 1. The largest absolute Gasteiger partial charge is 0.480 e. The predicted molar refractivity (Wildman–Crippen MR) is 58.0 cm³/mol. The van der Waals surface area contributed by atoms with Crippen molar-refractivity contribution in [2.75, 3.05) is 26.7 Å². The summed E-state index contributed by atoms with van der Waals surface area (Å²) in [5.74, 6) is -0.164. The molecule has 1 N–H and O–H groups in total. The Bertz CT molecular complexity index is 302. The zero-order valence-electron chi connectivity index (χ0n) is 9.56. The minimum absolute atomic E-state index is 0.0131. The van der Waals surface area contributed by atoms with Crippen molar-refractivity contribution in [3.05, 3.63) is 0 Å². The van der Waals surface area contributed by atoms with Gasteiger partial charge in [0.25, 0.3) is 0 Å². The van der Waals surface area contributed by atoms with Gasteiger partial charge in [-0.1, -0.05) is 0 Å². The molecule has 1 unspecified atom stereocenters. The van der Waals surface area contributed by atoms with Crippen molar-refractivity contribution in [1.82, 2.24) is 9.80 Å². The fourth-order valence-corrected chi connectivity index (χ4v) is 2.25. The summed E-state index contributed by atoms with van der Waals surface area (Å²) in [6.07, 6.45) is 3.11. The van der Waals surface area contributed by atoms with Crippen LogP contribution in [0.4, 0.5) is 0 Å². The molecule has 0 bridgehead atoms. The standard InChI is InChI=1S/C11H18N2O3/c1-12-5-4-9(11(12)16)13(7-10(14)15)6-8-2-3-8/h8-9H,2-7H2,1H3,(H,14,15). The maximum atomic E-state index is 11.8. The molecular weight excluding hydrogens is 208 g/mol. The number of hydrogen-bond donors (Lipinski definition) is 1. The molecule has 5 heteroatoms. The van der Waals surface area contributed by atoms with Gasteiger partial charge < -0.3 is 10.0 Å². The molecule has 0 aromatic rings. The molecule has 90 valence electrons. The summed E-state index contributed by atoms with van der Waals surface area (Å²) in [5.41, 5.74) is 0. The SMILES string of the molecule is CN1CCC(N(CC(=O)O)CC2CC2)C1=O. The van der Waals surface area contributed by atoms with Crippen molar-refractivity contribution >= 4 is 11.9 Å². The molecule has 1 atom stereocenters. The highest BCUT2D eigenvalue weighted by molar-refractivity contribution is 5.84. The van der Waals surface area contributed by atoms with E-state index in [0.717, 1.165) is 19.5 Å². The highest BCUT2D eigenvalue weighted by Gasteiger charge is 2.37. The lowest BCUT2D eigenvalue weighted by molar-refractivity contribution is -0.140. The topological polar surface area (TPSA) is 60.9 Å². The van der Waals surface area contributed by atoms with Crippen LogP contribution in [-0.2, 0) is 9.59 Å². The van der Waals surface area contributed by atoms with Crippen LogP contribution in [0.1, 0.15) is 19.3 Å². The van der Waals surface area contributed by atoms with Gasteiger partial charge in [0.05, 0.1) is 12.6 Å². The van der Waals surface area contributed by atoms with Crippen LogP contribution in [0.15, 0.2) is 0 Å². The summed E-state index contributed by atoms with van der Waals surface area (Å²) in [6.45, 7) is 1.49. The Morgan fingerprint density at radius 3 is 2.62 bits per heavy atom. The lowest BCUT2D eigenvalue weighted by Crippen LogP contribution is -2.44. The van der Waals surface area contributed by atoms with Gasteiger partial charge in [-0.15, -0.1) is 0 Å². The lowest BCUT2D eigenvalue weighted by Gasteiger charge is -2.25. The van der Waals surface area contributed by atoms with E-state index in [1.54, 1.807) is 11.9 Å². The number of carboxylic acids is 1. The molecule has 16 heavy (non-hydrogen) atoms. The van der Waals surface area contributed by atoms with Gasteiger partial charge in [0.2, 0.25) is 5.91 Å². The molecule has 0 radical (unpaired) electrons. The first-order valence-electron chi connectivity index (χ1n) is 5.78. The van der Waals surface area contributed by atoms with Crippen LogP contribution in [0.5, 0.6) is 0 Å².